The molecule has 0 amide bonds. The SMILES string of the molecule is CC(C)(C)OC(=O)n1c2ccccc2c2c3oc4ccccc4c3ccc21. The summed E-state index contributed by atoms with van der Waals surface area (Å²) < 4.78 is 13.5. The number of carbonyl (C=O) groups excluding carboxylic acids is 1. The van der Waals surface area contributed by atoms with E-state index >= 15 is 0 Å². The van der Waals surface area contributed by atoms with E-state index in [0.29, 0.717) is 0 Å². The number of benzene rings is 3. The fourth-order valence-electron chi connectivity index (χ4n) is 3.74. The number of para-hydroxylation sites is 2. The van der Waals surface area contributed by atoms with Crippen molar-refractivity contribution in [2.45, 2.75) is 26.4 Å². The van der Waals surface area contributed by atoms with E-state index in [2.05, 4.69) is 6.07 Å². The van der Waals surface area contributed by atoms with Gasteiger partial charge >= 0.3 is 6.09 Å². The quantitative estimate of drug-likeness (QED) is 0.319. The zero-order valence-electron chi connectivity index (χ0n) is 15.4. The second-order valence-electron chi connectivity index (χ2n) is 7.77. The van der Waals surface area contributed by atoms with E-state index < -0.39 is 5.60 Å². The van der Waals surface area contributed by atoms with Crippen LogP contribution < -0.4 is 0 Å². The summed E-state index contributed by atoms with van der Waals surface area (Å²) in [5, 5.41) is 4.03. The van der Waals surface area contributed by atoms with E-state index in [0.717, 1.165) is 43.7 Å². The van der Waals surface area contributed by atoms with Gasteiger partial charge in [-0.2, -0.15) is 0 Å². The van der Waals surface area contributed by atoms with E-state index in [1.165, 1.54) is 0 Å². The van der Waals surface area contributed by atoms with Crippen LogP contribution in [0.15, 0.2) is 65.1 Å². The van der Waals surface area contributed by atoms with Crippen molar-refractivity contribution in [2.75, 3.05) is 0 Å². The highest BCUT2D eigenvalue weighted by Crippen LogP contribution is 2.39. The summed E-state index contributed by atoms with van der Waals surface area (Å²) in [6.07, 6.45) is -0.385. The van der Waals surface area contributed by atoms with Crippen LogP contribution in [0, 0.1) is 0 Å². The van der Waals surface area contributed by atoms with Crippen LogP contribution in [0.3, 0.4) is 0 Å². The molecule has 0 fully saturated rings. The van der Waals surface area contributed by atoms with Crippen molar-refractivity contribution in [3.63, 3.8) is 0 Å². The molecule has 5 rings (SSSR count). The standard InChI is InChI=1S/C23H19NO3/c1-23(2,3)27-22(25)24-17-10-6-4-9-16(17)20-18(24)13-12-15-14-8-5-7-11-19(14)26-21(15)20/h4-13H,1-3H3. The number of carbonyl (C=O) groups is 1. The molecule has 0 aliphatic rings. The molecule has 0 radical (unpaired) electrons. The first-order valence-electron chi connectivity index (χ1n) is 9.01. The number of nitrogens with zero attached hydrogens (tertiary/aromatic N) is 1. The number of ether oxygens (including phenoxy) is 1. The van der Waals surface area contributed by atoms with Gasteiger partial charge in [0, 0.05) is 16.2 Å². The summed E-state index contributed by atoms with van der Waals surface area (Å²) in [4.78, 5) is 13.0. The van der Waals surface area contributed by atoms with Crippen molar-refractivity contribution in [1.82, 2.24) is 4.57 Å². The van der Waals surface area contributed by atoms with Crippen LogP contribution in [-0.4, -0.2) is 16.3 Å². The van der Waals surface area contributed by atoms with E-state index in [1.54, 1.807) is 4.57 Å². The third-order valence-corrected chi connectivity index (χ3v) is 4.76. The Morgan fingerprint density at radius 2 is 1.56 bits per heavy atom. The summed E-state index contributed by atoms with van der Waals surface area (Å²) in [6, 6.07) is 19.8. The van der Waals surface area contributed by atoms with Crippen LogP contribution in [0.2, 0.25) is 0 Å². The fraction of sp³-hybridized carbons (Fsp3) is 0.174. The molecule has 3 aromatic carbocycles. The second-order valence-corrected chi connectivity index (χ2v) is 7.77. The van der Waals surface area contributed by atoms with E-state index in [-0.39, 0.29) is 6.09 Å². The molecule has 134 valence electrons. The molecular weight excluding hydrogens is 338 g/mol. The Hall–Kier alpha value is -3.27. The molecule has 0 atom stereocenters. The number of furan rings is 1. The molecule has 2 heterocycles. The molecule has 5 aromatic rings. The molecular formula is C23H19NO3. The zero-order valence-corrected chi connectivity index (χ0v) is 15.4. The van der Waals surface area contributed by atoms with E-state index in [1.807, 2.05) is 75.4 Å². The third-order valence-electron chi connectivity index (χ3n) is 4.76. The third kappa shape index (κ3) is 2.33. The Kier molecular flexibility index (Phi) is 3.17. The van der Waals surface area contributed by atoms with Crippen LogP contribution >= 0.6 is 0 Å². The average Bonchev–Trinajstić information content (AvgIpc) is 3.15. The smallest absolute Gasteiger partial charge is 0.419 e. The summed E-state index contributed by atoms with van der Waals surface area (Å²) >= 11 is 0. The molecule has 0 bridgehead atoms. The van der Waals surface area contributed by atoms with Gasteiger partial charge in [-0.25, -0.2) is 9.36 Å². The average molecular weight is 357 g/mol. The fourth-order valence-corrected chi connectivity index (χ4v) is 3.74. The second kappa shape index (κ2) is 5.36. The Labute approximate surface area is 155 Å². The zero-order chi connectivity index (χ0) is 18.8. The minimum absolute atomic E-state index is 0.385. The number of aromatic nitrogens is 1. The van der Waals surface area contributed by atoms with Crippen LogP contribution in [-0.2, 0) is 4.74 Å². The first kappa shape index (κ1) is 15.9. The maximum atomic E-state index is 13.0. The molecule has 4 nitrogen and oxygen atoms in total. The Bertz CT molecular complexity index is 1350. The lowest BCUT2D eigenvalue weighted by molar-refractivity contribution is 0.0551. The van der Waals surface area contributed by atoms with Gasteiger partial charge in [0.2, 0.25) is 0 Å². The van der Waals surface area contributed by atoms with Crippen LogP contribution in [0.25, 0.3) is 43.7 Å². The van der Waals surface area contributed by atoms with Gasteiger partial charge in [-0.1, -0.05) is 36.4 Å². The monoisotopic (exact) mass is 357 g/mol. The summed E-state index contributed by atoms with van der Waals surface area (Å²) in [5.41, 5.74) is 2.67. The normalized spacial score (nSPS) is 12.4. The maximum Gasteiger partial charge on any atom is 0.419 e. The summed E-state index contributed by atoms with van der Waals surface area (Å²) in [6.45, 7) is 5.61. The van der Waals surface area contributed by atoms with Crippen molar-refractivity contribution in [2.24, 2.45) is 0 Å². The van der Waals surface area contributed by atoms with Crippen molar-refractivity contribution >= 4 is 49.8 Å². The highest BCUT2D eigenvalue weighted by Gasteiger charge is 2.24. The lowest BCUT2D eigenvalue weighted by Gasteiger charge is -2.20. The van der Waals surface area contributed by atoms with Crippen molar-refractivity contribution in [1.29, 1.82) is 0 Å². The molecule has 0 spiro atoms. The van der Waals surface area contributed by atoms with Crippen LogP contribution in [0.5, 0.6) is 0 Å². The van der Waals surface area contributed by atoms with Crippen molar-refractivity contribution in [3.05, 3.63) is 60.7 Å². The number of fused-ring (bicyclic) bond motifs is 7. The number of hydrogen-bond donors (Lipinski definition) is 0. The number of rotatable bonds is 0. The van der Waals surface area contributed by atoms with E-state index in [9.17, 15) is 4.79 Å². The maximum absolute atomic E-state index is 13.0. The number of hydrogen-bond acceptors (Lipinski definition) is 3. The first-order chi connectivity index (χ1) is 12.9. The molecule has 27 heavy (non-hydrogen) atoms. The van der Waals surface area contributed by atoms with Gasteiger partial charge in [-0.15, -0.1) is 0 Å². The summed E-state index contributed by atoms with van der Waals surface area (Å²) in [7, 11) is 0. The van der Waals surface area contributed by atoms with Crippen molar-refractivity contribution < 1.29 is 13.9 Å². The van der Waals surface area contributed by atoms with Crippen molar-refractivity contribution in [3.8, 4) is 0 Å². The van der Waals surface area contributed by atoms with Gasteiger partial charge in [0.1, 0.15) is 16.8 Å². The predicted molar refractivity (Wildman–Crippen MR) is 108 cm³/mol. The highest BCUT2D eigenvalue weighted by molar-refractivity contribution is 6.25. The Morgan fingerprint density at radius 3 is 2.33 bits per heavy atom. The predicted octanol–water partition coefficient (Wildman–Crippen LogP) is 6.48. The molecule has 0 saturated carbocycles. The van der Waals surface area contributed by atoms with Crippen LogP contribution in [0.1, 0.15) is 20.8 Å². The van der Waals surface area contributed by atoms with Gasteiger partial charge < -0.3 is 9.15 Å². The van der Waals surface area contributed by atoms with Gasteiger partial charge in [-0.3, -0.25) is 0 Å². The summed E-state index contributed by atoms with van der Waals surface area (Å²) in [5.74, 6) is 0. The molecule has 2 aromatic heterocycles. The Balaban J connectivity index is 1.93. The topological polar surface area (TPSA) is 44.4 Å². The molecule has 0 unspecified atom stereocenters. The highest BCUT2D eigenvalue weighted by atomic mass is 16.6. The van der Waals surface area contributed by atoms with E-state index in [4.69, 9.17) is 9.15 Å². The molecule has 0 aliphatic carbocycles. The molecule has 4 heteroatoms. The largest absolute Gasteiger partial charge is 0.455 e. The molecule has 0 aliphatic heterocycles. The molecule has 0 saturated heterocycles. The minimum Gasteiger partial charge on any atom is -0.455 e. The van der Waals surface area contributed by atoms with Gasteiger partial charge in [0.15, 0.2) is 0 Å². The first-order valence-corrected chi connectivity index (χ1v) is 9.01. The van der Waals surface area contributed by atoms with Gasteiger partial charge in [0.05, 0.1) is 16.4 Å². The van der Waals surface area contributed by atoms with Crippen LogP contribution in [0.4, 0.5) is 4.79 Å². The molecule has 0 N–H and O–H groups in total. The minimum atomic E-state index is -0.571. The van der Waals surface area contributed by atoms with Gasteiger partial charge in [-0.05, 0) is 45.0 Å². The lowest BCUT2D eigenvalue weighted by atomic mass is 10.1. The van der Waals surface area contributed by atoms with Gasteiger partial charge in [0.25, 0.3) is 0 Å². The lowest BCUT2D eigenvalue weighted by Crippen LogP contribution is -2.27. The Morgan fingerprint density at radius 1 is 0.852 bits per heavy atom.